The molecule has 0 radical (unpaired) electrons. The maximum Gasteiger partial charge on any atom is 0.274 e. The van der Waals surface area contributed by atoms with Crippen molar-refractivity contribution in [3.8, 4) is 0 Å². The Morgan fingerprint density at radius 2 is 2.26 bits per heavy atom. The summed E-state index contributed by atoms with van der Waals surface area (Å²) in [5.74, 6) is 0.364. The largest absolute Gasteiger partial charge is 0.325 e. The molecule has 0 atom stereocenters. The Morgan fingerprint density at radius 1 is 1.43 bits per heavy atom. The number of aryl methyl sites for hydroxylation is 1. The van der Waals surface area contributed by atoms with Gasteiger partial charge in [-0.15, -0.1) is 5.10 Å². The predicted molar refractivity (Wildman–Crippen MR) is 80.9 cm³/mol. The Labute approximate surface area is 130 Å². The van der Waals surface area contributed by atoms with Crippen LogP contribution in [-0.2, 0) is 11.2 Å². The fourth-order valence-corrected chi connectivity index (χ4v) is 2.08. The lowest BCUT2D eigenvalue weighted by molar-refractivity contribution is -0.385. The first kappa shape index (κ1) is 14.6. The number of nitro benzene ring substituents is 1. The van der Waals surface area contributed by atoms with E-state index < -0.39 is 4.92 Å². The van der Waals surface area contributed by atoms with E-state index >= 15 is 0 Å². The molecule has 1 N–H and O–H groups in total. The fraction of sp³-hybridized carbons (Fsp3) is 0.143. The van der Waals surface area contributed by atoms with Gasteiger partial charge in [0.15, 0.2) is 5.82 Å². The third-order valence-corrected chi connectivity index (χ3v) is 3.17. The van der Waals surface area contributed by atoms with E-state index in [0.29, 0.717) is 22.9 Å². The van der Waals surface area contributed by atoms with Crippen LogP contribution >= 0.6 is 0 Å². The highest BCUT2D eigenvalue weighted by molar-refractivity contribution is 5.92. The Kier molecular flexibility index (Phi) is 3.67. The Hall–Kier alpha value is -3.36. The lowest BCUT2D eigenvalue weighted by atomic mass is 10.2. The zero-order valence-electron chi connectivity index (χ0n) is 12.1. The SMILES string of the molecule is Cc1ccc(NC(=O)Cc2nc3ncccn3n2)cc1[N+](=O)[O-]. The molecule has 9 nitrogen and oxygen atoms in total. The average Bonchev–Trinajstić information content (AvgIpc) is 2.90. The summed E-state index contributed by atoms with van der Waals surface area (Å²) < 4.78 is 1.47. The standard InChI is InChI=1S/C14H12N6O3/c1-9-3-4-10(7-11(9)20(22)23)16-13(21)8-12-17-14-15-5-2-6-19(14)18-12/h2-7H,8H2,1H3,(H,16,21). The van der Waals surface area contributed by atoms with Crippen molar-refractivity contribution in [3.63, 3.8) is 0 Å². The average molecular weight is 312 g/mol. The molecule has 1 aromatic carbocycles. The summed E-state index contributed by atoms with van der Waals surface area (Å²) in [5, 5.41) is 17.6. The van der Waals surface area contributed by atoms with Crippen LogP contribution in [0.25, 0.3) is 5.78 Å². The molecule has 2 heterocycles. The van der Waals surface area contributed by atoms with Crippen molar-refractivity contribution in [2.24, 2.45) is 0 Å². The third kappa shape index (κ3) is 3.12. The Morgan fingerprint density at radius 3 is 3.00 bits per heavy atom. The van der Waals surface area contributed by atoms with E-state index in [1.54, 1.807) is 37.5 Å². The predicted octanol–water partition coefficient (Wildman–Crippen LogP) is 1.52. The molecule has 0 unspecified atom stereocenters. The van der Waals surface area contributed by atoms with Gasteiger partial charge in [0.1, 0.15) is 0 Å². The second-order valence-corrected chi connectivity index (χ2v) is 4.88. The lowest BCUT2D eigenvalue weighted by Gasteiger charge is -2.04. The molecule has 9 heteroatoms. The van der Waals surface area contributed by atoms with Crippen LogP contribution in [0, 0.1) is 17.0 Å². The molecule has 3 aromatic rings. The lowest BCUT2D eigenvalue weighted by Crippen LogP contribution is -2.15. The first-order valence-corrected chi connectivity index (χ1v) is 6.74. The Balaban J connectivity index is 1.74. The molecule has 0 saturated carbocycles. The van der Waals surface area contributed by atoms with E-state index in [-0.39, 0.29) is 18.0 Å². The van der Waals surface area contributed by atoms with Crippen LogP contribution in [0.4, 0.5) is 11.4 Å². The molecule has 23 heavy (non-hydrogen) atoms. The molecular formula is C14H12N6O3. The zero-order chi connectivity index (χ0) is 16.4. The summed E-state index contributed by atoms with van der Waals surface area (Å²) in [6.45, 7) is 1.64. The minimum atomic E-state index is -0.486. The van der Waals surface area contributed by atoms with Crippen LogP contribution in [0.3, 0.4) is 0 Å². The number of amides is 1. The molecule has 0 spiro atoms. The van der Waals surface area contributed by atoms with Gasteiger partial charge in [-0.1, -0.05) is 6.07 Å². The maximum atomic E-state index is 12.0. The van der Waals surface area contributed by atoms with Gasteiger partial charge in [0.25, 0.3) is 11.5 Å². The molecule has 2 aromatic heterocycles. The van der Waals surface area contributed by atoms with Crippen molar-refractivity contribution in [1.29, 1.82) is 0 Å². The summed E-state index contributed by atoms with van der Waals surface area (Å²) in [6.07, 6.45) is 3.21. The third-order valence-electron chi connectivity index (χ3n) is 3.17. The number of nitrogens with one attached hydrogen (secondary N) is 1. The van der Waals surface area contributed by atoms with Gasteiger partial charge in [0.05, 0.1) is 11.3 Å². The van der Waals surface area contributed by atoms with Crippen molar-refractivity contribution in [2.75, 3.05) is 5.32 Å². The second-order valence-electron chi connectivity index (χ2n) is 4.88. The summed E-state index contributed by atoms with van der Waals surface area (Å²) in [4.78, 5) is 30.6. The number of hydrogen-bond donors (Lipinski definition) is 1. The Bertz CT molecular complexity index is 871. The number of nitrogens with zero attached hydrogens (tertiary/aromatic N) is 5. The van der Waals surface area contributed by atoms with Crippen molar-refractivity contribution >= 4 is 23.1 Å². The number of benzene rings is 1. The smallest absolute Gasteiger partial charge is 0.274 e. The molecule has 0 fully saturated rings. The van der Waals surface area contributed by atoms with Gasteiger partial charge in [-0.05, 0) is 19.1 Å². The number of hydrogen-bond acceptors (Lipinski definition) is 6. The minimum absolute atomic E-state index is 0.0437. The quantitative estimate of drug-likeness (QED) is 0.577. The van der Waals surface area contributed by atoms with E-state index in [1.807, 2.05) is 0 Å². The number of nitro groups is 1. The molecule has 1 amide bonds. The number of anilines is 1. The zero-order valence-corrected chi connectivity index (χ0v) is 12.1. The number of aromatic nitrogens is 4. The second kappa shape index (κ2) is 5.79. The summed E-state index contributed by atoms with van der Waals surface area (Å²) in [7, 11) is 0. The van der Waals surface area contributed by atoms with E-state index in [4.69, 9.17) is 0 Å². The molecule has 116 valence electrons. The van der Waals surface area contributed by atoms with Gasteiger partial charge in [0.2, 0.25) is 5.91 Å². The van der Waals surface area contributed by atoms with Crippen LogP contribution in [0.15, 0.2) is 36.7 Å². The molecule has 0 saturated heterocycles. The van der Waals surface area contributed by atoms with E-state index in [2.05, 4.69) is 20.4 Å². The van der Waals surface area contributed by atoms with Gasteiger partial charge in [-0.2, -0.15) is 4.98 Å². The highest BCUT2D eigenvalue weighted by Gasteiger charge is 2.14. The fourth-order valence-electron chi connectivity index (χ4n) is 2.08. The molecular weight excluding hydrogens is 300 g/mol. The van der Waals surface area contributed by atoms with Gasteiger partial charge < -0.3 is 5.32 Å². The highest BCUT2D eigenvalue weighted by atomic mass is 16.6. The van der Waals surface area contributed by atoms with E-state index in [0.717, 1.165) is 0 Å². The monoisotopic (exact) mass is 312 g/mol. The number of carbonyl (C=O) groups excluding carboxylic acids is 1. The normalized spacial score (nSPS) is 10.7. The summed E-state index contributed by atoms with van der Waals surface area (Å²) in [5.41, 5.74) is 0.841. The van der Waals surface area contributed by atoms with E-state index in [1.165, 1.54) is 10.6 Å². The first-order chi connectivity index (χ1) is 11.0. The van der Waals surface area contributed by atoms with Crippen molar-refractivity contribution in [2.45, 2.75) is 13.3 Å². The topological polar surface area (TPSA) is 115 Å². The molecule has 0 bridgehead atoms. The number of fused-ring (bicyclic) bond motifs is 1. The first-order valence-electron chi connectivity index (χ1n) is 6.74. The number of carbonyl (C=O) groups is 1. The molecule has 0 aliphatic heterocycles. The molecule has 3 rings (SSSR count). The van der Waals surface area contributed by atoms with Gasteiger partial charge in [-0.25, -0.2) is 9.50 Å². The van der Waals surface area contributed by atoms with Crippen molar-refractivity contribution in [1.82, 2.24) is 19.6 Å². The van der Waals surface area contributed by atoms with Crippen LogP contribution in [0.5, 0.6) is 0 Å². The van der Waals surface area contributed by atoms with Crippen molar-refractivity contribution in [3.05, 3.63) is 58.2 Å². The summed E-state index contributed by atoms with van der Waals surface area (Å²) in [6, 6.07) is 6.22. The van der Waals surface area contributed by atoms with Gasteiger partial charge in [0, 0.05) is 29.7 Å². The maximum absolute atomic E-state index is 12.0. The number of rotatable bonds is 4. The van der Waals surface area contributed by atoms with Gasteiger partial charge in [-0.3, -0.25) is 14.9 Å². The van der Waals surface area contributed by atoms with Crippen LogP contribution in [-0.4, -0.2) is 30.4 Å². The van der Waals surface area contributed by atoms with E-state index in [9.17, 15) is 14.9 Å². The highest BCUT2D eigenvalue weighted by Crippen LogP contribution is 2.22. The minimum Gasteiger partial charge on any atom is -0.325 e. The molecule has 0 aliphatic carbocycles. The summed E-state index contributed by atoms with van der Waals surface area (Å²) >= 11 is 0. The van der Waals surface area contributed by atoms with Crippen LogP contribution in [0.2, 0.25) is 0 Å². The molecule has 0 aliphatic rings. The van der Waals surface area contributed by atoms with Crippen LogP contribution < -0.4 is 5.32 Å². The van der Waals surface area contributed by atoms with Gasteiger partial charge >= 0.3 is 0 Å². The van der Waals surface area contributed by atoms with Crippen molar-refractivity contribution < 1.29 is 9.72 Å². The van der Waals surface area contributed by atoms with Crippen LogP contribution in [0.1, 0.15) is 11.4 Å².